The van der Waals surface area contributed by atoms with E-state index in [0.717, 1.165) is 22.4 Å². The van der Waals surface area contributed by atoms with Crippen LogP contribution in [0.25, 0.3) is 0 Å². The quantitative estimate of drug-likeness (QED) is 0.938. The summed E-state index contributed by atoms with van der Waals surface area (Å²) in [6.07, 6.45) is 1.55. The molecule has 0 fully saturated rings. The van der Waals surface area contributed by atoms with E-state index in [-0.39, 0.29) is 6.04 Å². The van der Waals surface area contributed by atoms with Crippen LogP contribution in [0.2, 0.25) is 5.02 Å². The van der Waals surface area contributed by atoms with E-state index >= 15 is 0 Å². The Morgan fingerprint density at radius 3 is 2.83 bits per heavy atom. The van der Waals surface area contributed by atoms with E-state index in [2.05, 4.69) is 38.3 Å². The van der Waals surface area contributed by atoms with Gasteiger partial charge in [0.25, 0.3) is 0 Å². The van der Waals surface area contributed by atoms with Gasteiger partial charge in [0.1, 0.15) is 12.2 Å². The number of aromatic nitrogens is 3. The van der Waals surface area contributed by atoms with Crippen LogP contribution in [0.15, 0.2) is 29.0 Å². The molecule has 1 heterocycles. The largest absolute Gasteiger partial charge is 0.304 e. The molecule has 2 rings (SSSR count). The standard InChI is InChI=1S/C12H14BrClN4/c1-3-15-11(12-16-7-17-18(12)2)9-5-4-8(13)6-10(9)14/h4-7,11,15H,3H2,1-2H3. The van der Waals surface area contributed by atoms with Crippen LogP contribution in [0, 0.1) is 0 Å². The summed E-state index contributed by atoms with van der Waals surface area (Å²) in [5, 5.41) is 8.19. The van der Waals surface area contributed by atoms with Gasteiger partial charge in [-0.05, 0) is 24.2 Å². The Bertz CT molecular complexity index is 541. The molecule has 0 aliphatic rings. The van der Waals surface area contributed by atoms with E-state index in [1.807, 2.05) is 25.2 Å². The van der Waals surface area contributed by atoms with E-state index in [9.17, 15) is 0 Å². The number of nitrogens with zero attached hydrogens (tertiary/aromatic N) is 3. The molecule has 0 saturated heterocycles. The van der Waals surface area contributed by atoms with Gasteiger partial charge in [-0.15, -0.1) is 0 Å². The highest BCUT2D eigenvalue weighted by Crippen LogP contribution is 2.29. The predicted molar refractivity (Wildman–Crippen MR) is 75.7 cm³/mol. The van der Waals surface area contributed by atoms with Gasteiger partial charge in [0.2, 0.25) is 0 Å². The van der Waals surface area contributed by atoms with E-state index < -0.39 is 0 Å². The van der Waals surface area contributed by atoms with E-state index in [4.69, 9.17) is 11.6 Å². The topological polar surface area (TPSA) is 42.7 Å². The minimum Gasteiger partial charge on any atom is -0.304 e. The molecule has 0 aliphatic carbocycles. The Hall–Kier alpha value is -0.910. The second-order valence-electron chi connectivity index (χ2n) is 3.90. The van der Waals surface area contributed by atoms with E-state index in [1.165, 1.54) is 0 Å². The van der Waals surface area contributed by atoms with E-state index in [1.54, 1.807) is 11.0 Å². The second kappa shape index (κ2) is 5.82. The van der Waals surface area contributed by atoms with Crippen LogP contribution in [-0.2, 0) is 7.05 Å². The zero-order valence-corrected chi connectivity index (χ0v) is 12.5. The molecule has 1 aromatic heterocycles. The third-order valence-corrected chi connectivity index (χ3v) is 3.51. The summed E-state index contributed by atoms with van der Waals surface area (Å²) >= 11 is 9.71. The Labute approximate surface area is 119 Å². The average molecular weight is 330 g/mol. The zero-order chi connectivity index (χ0) is 13.1. The smallest absolute Gasteiger partial charge is 0.148 e. The number of rotatable bonds is 4. The third-order valence-electron chi connectivity index (χ3n) is 2.69. The normalized spacial score (nSPS) is 12.7. The maximum Gasteiger partial charge on any atom is 0.148 e. The van der Waals surface area contributed by atoms with Gasteiger partial charge >= 0.3 is 0 Å². The number of aryl methyl sites for hydroxylation is 1. The predicted octanol–water partition coefficient (Wildman–Crippen LogP) is 2.93. The van der Waals surface area contributed by atoms with Gasteiger partial charge < -0.3 is 5.32 Å². The summed E-state index contributed by atoms with van der Waals surface area (Å²) in [6.45, 7) is 2.88. The van der Waals surface area contributed by atoms with Crippen molar-refractivity contribution < 1.29 is 0 Å². The third kappa shape index (κ3) is 2.74. The fraction of sp³-hybridized carbons (Fsp3) is 0.333. The van der Waals surface area contributed by atoms with Gasteiger partial charge in [-0.1, -0.05) is 40.5 Å². The SMILES string of the molecule is CCNC(c1ccc(Br)cc1Cl)c1ncnn1C. The van der Waals surface area contributed by atoms with Crippen molar-refractivity contribution >= 4 is 27.5 Å². The molecule has 96 valence electrons. The van der Waals surface area contributed by atoms with Crippen molar-refractivity contribution in [2.75, 3.05) is 6.54 Å². The van der Waals surface area contributed by atoms with Gasteiger partial charge in [-0.2, -0.15) is 5.10 Å². The molecule has 0 amide bonds. The molecule has 18 heavy (non-hydrogen) atoms. The van der Waals surface area contributed by atoms with Crippen LogP contribution < -0.4 is 5.32 Å². The molecule has 0 aliphatic heterocycles. The van der Waals surface area contributed by atoms with Crippen molar-refractivity contribution in [1.82, 2.24) is 20.1 Å². The summed E-state index contributed by atoms with van der Waals surface area (Å²) in [7, 11) is 1.87. The summed E-state index contributed by atoms with van der Waals surface area (Å²) in [4.78, 5) is 4.29. The van der Waals surface area contributed by atoms with Crippen LogP contribution in [0.4, 0.5) is 0 Å². The van der Waals surface area contributed by atoms with Crippen molar-refractivity contribution in [3.05, 3.63) is 45.4 Å². The fourth-order valence-electron chi connectivity index (χ4n) is 1.85. The highest BCUT2D eigenvalue weighted by Gasteiger charge is 2.20. The van der Waals surface area contributed by atoms with E-state index in [0.29, 0.717) is 5.02 Å². The van der Waals surface area contributed by atoms with Crippen molar-refractivity contribution in [3.63, 3.8) is 0 Å². The summed E-state index contributed by atoms with van der Waals surface area (Å²) in [6, 6.07) is 5.80. The van der Waals surface area contributed by atoms with Crippen molar-refractivity contribution in [2.24, 2.45) is 7.05 Å². The van der Waals surface area contributed by atoms with Crippen LogP contribution in [-0.4, -0.2) is 21.3 Å². The molecular formula is C12H14BrClN4. The zero-order valence-electron chi connectivity index (χ0n) is 10.2. The lowest BCUT2D eigenvalue weighted by Gasteiger charge is -2.18. The molecular weight excluding hydrogens is 316 g/mol. The molecule has 1 unspecified atom stereocenters. The minimum atomic E-state index is -0.0527. The lowest BCUT2D eigenvalue weighted by Crippen LogP contribution is -2.25. The Kier molecular flexibility index (Phi) is 4.37. The maximum atomic E-state index is 6.30. The number of hydrogen-bond acceptors (Lipinski definition) is 3. The Balaban J connectivity index is 2.45. The van der Waals surface area contributed by atoms with Gasteiger partial charge in [0, 0.05) is 16.5 Å². The monoisotopic (exact) mass is 328 g/mol. The first-order valence-corrected chi connectivity index (χ1v) is 6.82. The number of hydrogen-bond donors (Lipinski definition) is 1. The molecule has 0 bridgehead atoms. The van der Waals surface area contributed by atoms with Crippen LogP contribution in [0.3, 0.4) is 0 Å². The Morgan fingerprint density at radius 1 is 1.50 bits per heavy atom. The molecule has 2 aromatic rings. The minimum absolute atomic E-state index is 0.0527. The first kappa shape index (κ1) is 13.5. The van der Waals surface area contributed by atoms with Crippen molar-refractivity contribution in [1.29, 1.82) is 0 Å². The number of nitrogens with one attached hydrogen (secondary N) is 1. The van der Waals surface area contributed by atoms with Gasteiger partial charge in [-0.25, -0.2) is 4.98 Å². The van der Waals surface area contributed by atoms with Gasteiger partial charge in [0.15, 0.2) is 0 Å². The number of benzene rings is 1. The highest BCUT2D eigenvalue weighted by molar-refractivity contribution is 9.10. The van der Waals surface area contributed by atoms with Gasteiger partial charge in [-0.3, -0.25) is 4.68 Å². The first-order valence-electron chi connectivity index (χ1n) is 5.65. The second-order valence-corrected chi connectivity index (χ2v) is 5.22. The van der Waals surface area contributed by atoms with Gasteiger partial charge in [0.05, 0.1) is 6.04 Å². The average Bonchev–Trinajstić information content (AvgIpc) is 2.73. The summed E-state index contributed by atoms with van der Waals surface area (Å²) < 4.78 is 2.72. The summed E-state index contributed by atoms with van der Waals surface area (Å²) in [5.41, 5.74) is 0.998. The van der Waals surface area contributed by atoms with Crippen LogP contribution in [0.1, 0.15) is 24.4 Å². The number of halogens is 2. The van der Waals surface area contributed by atoms with Crippen LogP contribution in [0.5, 0.6) is 0 Å². The van der Waals surface area contributed by atoms with Crippen LogP contribution >= 0.6 is 27.5 Å². The molecule has 1 atom stereocenters. The molecule has 1 aromatic carbocycles. The maximum absolute atomic E-state index is 6.30. The Morgan fingerprint density at radius 2 is 2.28 bits per heavy atom. The first-order chi connectivity index (χ1) is 8.63. The molecule has 0 saturated carbocycles. The molecule has 0 radical (unpaired) electrons. The lowest BCUT2D eigenvalue weighted by molar-refractivity contribution is 0.559. The molecule has 6 heteroatoms. The summed E-state index contributed by atoms with van der Waals surface area (Å²) in [5.74, 6) is 0.848. The molecule has 0 spiro atoms. The molecule has 1 N–H and O–H groups in total. The molecule has 4 nitrogen and oxygen atoms in total. The highest BCUT2D eigenvalue weighted by atomic mass is 79.9. The fourth-order valence-corrected chi connectivity index (χ4v) is 2.63. The van der Waals surface area contributed by atoms with Crippen molar-refractivity contribution in [3.8, 4) is 0 Å². The lowest BCUT2D eigenvalue weighted by atomic mass is 10.1. The van der Waals surface area contributed by atoms with Crippen molar-refractivity contribution in [2.45, 2.75) is 13.0 Å².